The zero-order chi connectivity index (χ0) is 18.0. The van der Waals surface area contributed by atoms with E-state index < -0.39 is 10.9 Å². The molecule has 7 nitrogen and oxygen atoms in total. The first-order valence-electron chi connectivity index (χ1n) is 7.59. The molecule has 0 amide bonds. The minimum atomic E-state index is -0.528. The molecular formula is C18H14N2O5. The number of carbonyl (C=O) groups excluding carboxylic acids is 2. The van der Waals surface area contributed by atoms with Crippen LogP contribution in [0.1, 0.15) is 33.3 Å². The lowest BCUT2D eigenvalue weighted by molar-refractivity contribution is -0.384. The molecule has 7 heteroatoms. The normalized spacial score (nSPS) is 10.6. The van der Waals surface area contributed by atoms with Crippen LogP contribution in [0, 0.1) is 10.1 Å². The van der Waals surface area contributed by atoms with E-state index in [0.717, 1.165) is 0 Å². The van der Waals surface area contributed by atoms with E-state index in [1.807, 2.05) is 0 Å². The smallest absolute Gasteiger partial charge is 0.340 e. The van der Waals surface area contributed by atoms with E-state index in [-0.39, 0.29) is 23.8 Å². The molecule has 1 aromatic carbocycles. The van der Waals surface area contributed by atoms with Gasteiger partial charge in [0.05, 0.1) is 28.3 Å². The van der Waals surface area contributed by atoms with Crippen LogP contribution in [-0.2, 0) is 4.74 Å². The quantitative estimate of drug-likeness (QED) is 0.308. The van der Waals surface area contributed by atoms with Crippen molar-refractivity contribution in [2.75, 3.05) is 6.61 Å². The lowest BCUT2D eigenvalue weighted by Gasteiger charge is -2.02. The van der Waals surface area contributed by atoms with E-state index in [1.165, 1.54) is 30.3 Å². The van der Waals surface area contributed by atoms with Gasteiger partial charge in [0.1, 0.15) is 0 Å². The first-order valence-corrected chi connectivity index (χ1v) is 7.59. The highest BCUT2D eigenvalue weighted by molar-refractivity contribution is 6.11. The molecule has 0 unspecified atom stereocenters. The summed E-state index contributed by atoms with van der Waals surface area (Å²) in [6.45, 7) is 1.94. The summed E-state index contributed by atoms with van der Waals surface area (Å²) >= 11 is 0. The third-order valence-electron chi connectivity index (χ3n) is 3.74. The zero-order valence-electron chi connectivity index (χ0n) is 13.3. The number of fused-ring (bicyclic) bond motifs is 1. The maximum atomic E-state index is 12.8. The Morgan fingerprint density at radius 2 is 1.88 bits per heavy atom. The summed E-state index contributed by atoms with van der Waals surface area (Å²) < 4.78 is 6.65. The van der Waals surface area contributed by atoms with Gasteiger partial charge in [-0.1, -0.05) is 6.07 Å². The van der Waals surface area contributed by atoms with Crippen molar-refractivity contribution in [1.29, 1.82) is 0 Å². The summed E-state index contributed by atoms with van der Waals surface area (Å²) in [7, 11) is 0. The number of esters is 1. The average Bonchev–Trinajstić information content (AvgIpc) is 3.01. The Kier molecular flexibility index (Phi) is 4.30. The van der Waals surface area contributed by atoms with Crippen LogP contribution < -0.4 is 0 Å². The standard InChI is InChI=1S/C18H14N2O5/c1-2-25-18(22)14-11-16(19-10-4-3-5-15(14)19)17(21)12-6-8-13(9-7-12)20(23)24/h3-11H,2H2,1H3. The summed E-state index contributed by atoms with van der Waals surface area (Å²) in [5, 5.41) is 10.7. The summed E-state index contributed by atoms with van der Waals surface area (Å²) in [4.78, 5) is 35.1. The molecule has 0 atom stereocenters. The predicted molar refractivity (Wildman–Crippen MR) is 89.9 cm³/mol. The molecule has 0 aliphatic heterocycles. The van der Waals surface area contributed by atoms with Crippen molar-refractivity contribution in [2.24, 2.45) is 0 Å². The summed E-state index contributed by atoms with van der Waals surface area (Å²) in [6, 6.07) is 12.0. The van der Waals surface area contributed by atoms with Crippen molar-refractivity contribution in [3.63, 3.8) is 0 Å². The minimum absolute atomic E-state index is 0.0937. The van der Waals surface area contributed by atoms with Crippen LogP contribution in [0.15, 0.2) is 54.7 Å². The van der Waals surface area contributed by atoms with Gasteiger partial charge >= 0.3 is 5.97 Å². The predicted octanol–water partition coefficient (Wildman–Crippen LogP) is 3.26. The van der Waals surface area contributed by atoms with Crippen LogP contribution in [0.3, 0.4) is 0 Å². The number of ether oxygens (including phenoxy) is 1. The number of aromatic nitrogens is 1. The van der Waals surface area contributed by atoms with E-state index in [2.05, 4.69) is 0 Å². The Hall–Kier alpha value is -3.48. The molecule has 0 radical (unpaired) electrons. The lowest BCUT2D eigenvalue weighted by atomic mass is 10.1. The van der Waals surface area contributed by atoms with Crippen LogP contribution in [-0.4, -0.2) is 27.7 Å². The first-order chi connectivity index (χ1) is 12.0. The Bertz CT molecular complexity index is 973. The van der Waals surface area contributed by atoms with Crippen molar-refractivity contribution >= 4 is 23.0 Å². The third-order valence-corrected chi connectivity index (χ3v) is 3.74. The third kappa shape index (κ3) is 2.99. The molecule has 2 heterocycles. The van der Waals surface area contributed by atoms with Gasteiger partial charge in [0, 0.05) is 23.9 Å². The number of ketones is 1. The number of carbonyl (C=O) groups is 2. The number of hydrogen-bond donors (Lipinski definition) is 0. The summed E-state index contributed by atoms with van der Waals surface area (Å²) in [6.07, 6.45) is 1.68. The number of pyridine rings is 1. The first kappa shape index (κ1) is 16.4. The molecule has 0 spiro atoms. The van der Waals surface area contributed by atoms with Gasteiger partial charge in [0.25, 0.3) is 5.69 Å². The fourth-order valence-electron chi connectivity index (χ4n) is 2.58. The number of benzene rings is 1. The van der Waals surface area contributed by atoms with Gasteiger partial charge in [-0.15, -0.1) is 0 Å². The van der Waals surface area contributed by atoms with Crippen LogP contribution in [0.4, 0.5) is 5.69 Å². The van der Waals surface area contributed by atoms with E-state index in [9.17, 15) is 19.7 Å². The molecule has 0 saturated carbocycles. The van der Waals surface area contributed by atoms with Crippen LogP contribution in [0.2, 0.25) is 0 Å². The van der Waals surface area contributed by atoms with Crippen LogP contribution in [0.5, 0.6) is 0 Å². The molecule has 0 fully saturated rings. The number of rotatable bonds is 5. The second-order valence-corrected chi connectivity index (χ2v) is 5.25. The van der Waals surface area contributed by atoms with E-state index in [0.29, 0.717) is 16.6 Å². The fraction of sp³-hybridized carbons (Fsp3) is 0.111. The van der Waals surface area contributed by atoms with Crippen molar-refractivity contribution in [1.82, 2.24) is 4.40 Å². The van der Waals surface area contributed by atoms with Gasteiger partial charge in [0.15, 0.2) is 0 Å². The summed E-state index contributed by atoms with van der Waals surface area (Å²) in [5.41, 5.74) is 1.35. The molecule has 2 aromatic heterocycles. The average molecular weight is 338 g/mol. The highest BCUT2D eigenvalue weighted by Crippen LogP contribution is 2.22. The molecular weight excluding hydrogens is 324 g/mol. The van der Waals surface area contributed by atoms with Crippen LogP contribution in [0.25, 0.3) is 5.52 Å². The number of nitrogens with zero attached hydrogens (tertiary/aromatic N) is 2. The summed E-state index contributed by atoms with van der Waals surface area (Å²) in [5.74, 6) is -0.847. The number of non-ortho nitro benzene ring substituents is 1. The molecule has 126 valence electrons. The molecule has 25 heavy (non-hydrogen) atoms. The van der Waals surface area contributed by atoms with Gasteiger partial charge in [0.2, 0.25) is 5.78 Å². The molecule has 0 aliphatic carbocycles. The van der Waals surface area contributed by atoms with Gasteiger partial charge < -0.3 is 9.14 Å². The van der Waals surface area contributed by atoms with Gasteiger partial charge in [-0.3, -0.25) is 14.9 Å². The Labute approximate surface area is 142 Å². The van der Waals surface area contributed by atoms with E-state index in [1.54, 1.807) is 35.7 Å². The van der Waals surface area contributed by atoms with Crippen LogP contribution >= 0.6 is 0 Å². The molecule has 3 rings (SSSR count). The number of nitro benzene ring substituents is 1. The maximum Gasteiger partial charge on any atom is 0.340 e. The van der Waals surface area contributed by atoms with Gasteiger partial charge in [-0.25, -0.2) is 4.79 Å². The largest absolute Gasteiger partial charge is 0.462 e. The van der Waals surface area contributed by atoms with Gasteiger partial charge in [-0.05, 0) is 37.3 Å². The molecule has 0 saturated heterocycles. The zero-order valence-corrected chi connectivity index (χ0v) is 13.3. The number of hydrogen-bond acceptors (Lipinski definition) is 5. The lowest BCUT2D eigenvalue weighted by Crippen LogP contribution is -2.05. The highest BCUT2D eigenvalue weighted by atomic mass is 16.6. The molecule has 0 aliphatic rings. The molecule has 3 aromatic rings. The molecule has 0 N–H and O–H groups in total. The molecule has 0 bridgehead atoms. The van der Waals surface area contributed by atoms with E-state index >= 15 is 0 Å². The maximum absolute atomic E-state index is 12.8. The fourth-order valence-corrected chi connectivity index (χ4v) is 2.58. The van der Waals surface area contributed by atoms with E-state index in [4.69, 9.17) is 4.74 Å². The second-order valence-electron chi connectivity index (χ2n) is 5.25. The van der Waals surface area contributed by atoms with Crippen molar-refractivity contribution in [2.45, 2.75) is 6.92 Å². The Morgan fingerprint density at radius 3 is 2.52 bits per heavy atom. The van der Waals surface area contributed by atoms with Gasteiger partial charge in [-0.2, -0.15) is 0 Å². The van der Waals surface area contributed by atoms with Crippen molar-refractivity contribution in [3.8, 4) is 0 Å². The topological polar surface area (TPSA) is 90.9 Å². The highest BCUT2D eigenvalue weighted by Gasteiger charge is 2.21. The Morgan fingerprint density at radius 1 is 1.16 bits per heavy atom. The SMILES string of the molecule is CCOC(=O)c1cc(C(=O)c2ccc([N+](=O)[O-])cc2)n2ccccc12. The number of nitro groups is 1. The minimum Gasteiger partial charge on any atom is -0.462 e. The van der Waals surface area contributed by atoms with Crippen molar-refractivity contribution in [3.05, 3.63) is 81.7 Å². The van der Waals surface area contributed by atoms with Crippen molar-refractivity contribution < 1.29 is 19.2 Å². The Balaban J connectivity index is 2.07. The monoisotopic (exact) mass is 338 g/mol. The second kappa shape index (κ2) is 6.56.